The number of nitrogen functional groups attached to an aromatic ring is 1. The van der Waals surface area contributed by atoms with Crippen molar-refractivity contribution in [3.05, 3.63) is 27.0 Å². The van der Waals surface area contributed by atoms with Gasteiger partial charge in [-0.3, -0.25) is 0 Å². The van der Waals surface area contributed by atoms with Crippen LogP contribution in [0.2, 0.25) is 0 Å². The van der Waals surface area contributed by atoms with Gasteiger partial charge in [-0.1, -0.05) is 0 Å². The molecule has 0 fully saturated rings. The molecule has 0 saturated heterocycles. The van der Waals surface area contributed by atoms with E-state index in [1.807, 2.05) is 13.0 Å². The Bertz CT molecular complexity index is 508. The number of nitrogens with zero attached hydrogens (tertiary/aromatic N) is 4. The maximum Gasteiger partial charge on any atom is 0.240 e. The van der Waals surface area contributed by atoms with Gasteiger partial charge in [0.15, 0.2) is 5.82 Å². The Balaban J connectivity index is 2.64. The Morgan fingerprint density at radius 1 is 1.40 bits per heavy atom. The molecule has 2 N–H and O–H groups in total. The number of hydrogen-bond acceptors (Lipinski definition) is 4. The van der Waals surface area contributed by atoms with Crippen LogP contribution in [-0.2, 0) is 0 Å². The van der Waals surface area contributed by atoms with Crippen molar-refractivity contribution in [3.8, 4) is 5.82 Å². The molecule has 0 amide bonds. The van der Waals surface area contributed by atoms with E-state index in [9.17, 15) is 0 Å². The second kappa shape index (κ2) is 3.90. The fourth-order valence-corrected chi connectivity index (χ4v) is 1.95. The van der Waals surface area contributed by atoms with E-state index in [0.717, 1.165) is 10.0 Å². The van der Waals surface area contributed by atoms with Crippen LogP contribution in [0.3, 0.4) is 0 Å². The van der Waals surface area contributed by atoms with Crippen molar-refractivity contribution in [1.29, 1.82) is 0 Å². The summed E-state index contributed by atoms with van der Waals surface area (Å²) in [5.41, 5.74) is 6.56. The standard InChI is InChI=1S/C8H7Br2N5/c1-4-2-3-12-6(5(4)9)15-7(10)13-8(11)14-15/h2-3H,1H3,(H2,11,14). The fraction of sp³-hybridized carbons (Fsp3) is 0.125. The van der Waals surface area contributed by atoms with Crippen molar-refractivity contribution in [3.63, 3.8) is 0 Å². The number of nitrogens with two attached hydrogens (primary N) is 1. The molecule has 0 saturated carbocycles. The Morgan fingerprint density at radius 3 is 2.73 bits per heavy atom. The molecule has 2 rings (SSSR count). The lowest BCUT2D eigenvalue weighted by Crippen LogP contribution is -2.02. The van der Waals surface area contributed by atoms with E-state index >= 15 is 0 Å². The molecule has 0 atom stereocenters. The molecule has 0 bridgehead atoms. The smallest absolute Gasteiger partial charge is 0.240 e. The highest BCUT2D eigenvalue weighted by molar-refractivity contribution is 9.11. The summed E-state index contributed by atoms with van der Waals surface area (Å²) in [6.07, 6.45) is 1.71. The number of pyridine rings is 1. The molecule has 5 nitrogen and oxygen atoms in total. The zero-order valence-corrected chi connectivity index (χ0v) is 10.9. The molecule has 0 aromatic carbocycles. The predicted octanol–water partition coefficient (Wildman–Crippen LogP) is 2.08. The lowest BCUT2D eigenvalue weighted by Gasteiger charge is -2.05. The van der Waals surface area contributed by atoms with Gasteiger partial charge in [0, 0.05) is 6.20 Å². The van der Waals surface area contributed by atoms with Crippen LogP contribution in [0.1, 0.15) is 5.56 Å². The van der Waals surface area contributed by atoms with Crippen molar-refractivity contribution in [2.45, 2.75) is 6.92 Å². The molecular weight excluding hydrogens is 326 g/mol. The molecule has 0 unspecified atom stereocenters. The topological polar surface area (TPSA) is 69.6 Å². The lowest BCUT2D eigenvalue weighted by atomic mass is 10.3. The summed E-state index contributed by atoms with van der Waals surface area (Å²) in [6, 6.07) is 1.90. The molecule has 15 heavy (non-hydrogen) atoms. The van der Waals surface area contributed by atoms with Crippen LogP contribution in [0.5, 0.6) is 0 Å². The number of halogens is 2. The van der Waals surface area contributed by atoms with Gasteiger partial charge in [-0.2, -0.15) is 9.67 Å². The van der Waals surface area contributed by atoms with Crippen LogP contribution in [0.15, 0.2) is 21.5 Å². The van der Waals surface area contributed by atoms with Gasteiger partial charge >= 0.3 is 0 Å². The average molecular weight is 333 g/mol. The molecule has 0 radical (unpaired) electrons. The molecule has 2 heterocycles. The fourth-order valence-electron chi connectivity index (χ4n) is 1.12. The van der Waals surface area contributed by atoms with Crippen LogP contribution in [0.4, 0.5) is 5.95 Å². The maximum absolute atomic E-state index is 5.49. The van der Waals surface area contributed by atoms with E-state index in [0.29, 0.717) is 10.6 Å². The minimum Gasteiger partial charge on any atom is -0.366 e. The molecule has 2 aromatic heterocycles. The van der Waals surface area contributed by atoms with E-state index in [1.54, 1.807) is 6.20 Å². The van der Waals surface area contributed by atoms with Crippen molar-refractivity contribution in [2.24, 2.45) is 0 Å². The molecule has 0 aliphatic carbocycles. The van der Waals surface area contributed by atoms with Crippen molar-refractivity contribution < 1.29 is 0 Å². The van der Waals surface area contributed by atoms with Gasteiger partial charge in [0.05, 0.1) is 4.47 Å². The molecule has 0 aliphatic heterocycles. The number of aryl methyl sites for hydroxylation is 1. The van der Waals surface area contributed by atoms with Crippen LogP contribution < -0.4 is 5.73 Å². The first-order valence-electron chi connectivity index (χ1n) is 4.09. The predicted molar refractivity (Wildman–Crippen MR) is 63.7 cm³/mol. The lowest BCUT2D eigenvalue weighted by molar-refractivity contribution is 0.820. The van der Waals surface area contributed by atoms with Gasteiger partial charge in [0.2, 0.25) is 10.7 Å². The van der Waals surface area contributed by atoms with E-state index in [-0.39, 0.29) is 5.95 Å². The van der Waals surface area contributed by atoms with Crippen LogP contribution >= 0.6 is 31.9 Å². The normalized spacial score (nSPS) is 10.6. The third-order valence-corrected chi connectivity index (χ3v) is 3.34. The third-order valence-electron chi connectivity index (χ3n) is 1.85. The SMILES string of the molecule is Cc1ccnc(-n2nc(N)nc2Br)c1Br. The summed E-state index contributed by atoms with van der Waals surface area (Å²) in [5.74, 6) is 0.864. The van der Waals surface area contributed by atoms with Crippen LogP contribution in [-0.4, -0.2) is 19.7 Å². The maximum atomic E-state index is 5.49. The highest BCUT2D eigenvalue weighted by Crippen LogP contribution is 2.24. The van der Waals surface area contributed by atoms with Crippen LogP contribution in [0, 0.1) is 6.92 Å². The molecule has 0 aliphatic rings. The number of aromatic nitrogens is 4. The quantitative estimate of drug-likeness (QED) is 0.868. The summed E-state index contributed by atoms with van der Waals surface area (Å²) in [6.45, 7) is 1.98. The van der Waals surface area contributed by atoms with Gasteiger partial charge < -0.3 is 5.73 Å². The summed E-state index contributed by atoms with van der Waals surface area (Å²) < 4.78 is 2.93. The Kier molecular flexibility index (Phi) is 2.74. The Morgan fingerprint density at radius 2 is 2.13 bits per heavy atom. The summed E-state index contributed by atoms with van der Waals surface area (Å²) >= 11 is 6.71. The monoisotopic (exact) mass is 331 g/mol. The van der Waals surface area contributed by atoms with Gasteiger partial charge in [-0.05, 0) is 50.4 Å². The largest absolute Gasteiger partial charge is 0.366 e. The minimum atomic E-state index is 0.206. The van der Waals surface area contributed by atoms with Crippen molar-refractivity contribution in [2.75, 3.05) is 5.73 Å². The number of hydrogen-bond donors (Lipinski definition) is 1. The Hall–Kier alpha value is -0.950. The first kappa shape index (κ1) is 10.6. The summed E-state index contributed by atoms with van der Waals surface area (Å²) in [5, 5.41) is 4.03. The Labute approximate surface area is 103 Å². The third kappa shape index (κ3) is 1.89. The molecule has 0 spiro atoms. The second-order valence-corrected chi connectivity index (χ2v) is 4.42. The molecular formula is C8H7Br2N5. The van der Waals surface area contributed by atoms with Gasteiger partial charge in [-0.25, -0.2) is 4.98 Å². The van der Waals surface area contributed by atoms with E-state index in [2.05, 4.69) is 46.9 Å². The summed E-state index contributed by atoms with van der Waals surface area (Å²) in [7, 11) is 0. The van der Waals surface area contributed by atoms with Gasteiger partial charge in [0.1, 0.15) is 0 Å². The van der Waals surface area contributed by atoms with Gasteiger partial charge in [-0.15, -0.1) is 5.10 Å². The number of anilines is 1. The highest BCUT2D eigenvalue weighted by Gasteiger charge is 2.12. The molecule has 7 heteroatoms. The highest BCUT2D eigenvalue weighted by atomic mass is 79.9. The zero-order chi connectivity index (χ0) is 11.0. The van der Waals surface area contributed by atoms with E-state index in [1.165, 1.54) is 4.68 Å². The first-order chi connectivity index (χ1) is 7.09. The van der Waals surface area contributed by atoms with E-state index < -0.39 is 0 Å². The van der Waals surface area contributed by atoms with Crippen LogP contribution in [0.25, 0.3) is 5.82 Å². The zero-order valence-electron chi connectivity index (χ0n) is 7.78. The second-order valence-electron chi connectivity index (χ2n) is 2.92. The average Bonchev–Trinajstić information content (AvgIpc) is 2.50. The summed E-state index contributed by atoms with van der Waals surface area (Å²) in [4.78, 5) is 8.16. The van der Waals surface area contributed by atoms with Crippen molar-refractivity contribution in [1.82, 2.24) is 19.7 Å². The minimum absolute atomic E-state index is 0.206. The molecule has 2 aromatic rings. The van der Waals surface area contributed by atoms with Crippen molar-refractivity contribution >= 4 is 37.8 Å². The van der Waals surface area contributed by atoms with Gasteiger partial charge in [0.25, 0.3) is 0 Å². The van der Waals surface area contributed by atoms with E-state index in [4.69, 9.17) is 5.73 Å². The molecule has 78 valence electrons. The number of rotatable bonds is 1. The first-order valence-corrected chi connectivity index (χ1v) is 5.67.